The molecule has 1 heterocycles. The van der Waals surface area contributed by atoms with Crippen LogP contribution in [0, 0.1) is 5.41 Å². The fourth-order valence-electron chi connectivity index (χ4n) is 2.55. The Morgan fingerprint density at radius 2 is 2.11 bits per heavy atom. The minimum Gasteiger partial charge on any atom is -0.465 e. The quantitative estimate of drug-likeness (QED) is 0.838. The molecule has 1 atom stereocenters. The SMILES string of the molecule is COC(=O)c1ccc(CN2CCC(C)(CN)C2)cc1. The largest absolute Gasteiger partial charge is 0.465 e. The van der Waals surface area contributed by atoms with Crippen molar-refractivity contribution >= 4 is 5.97 Å². The lowest BCUT2D eigenvalue weighted by Crippen LogP contribution is -2.31. The van der Waals surface area contributed by atoms with Gasteiger partial charge in [-0.25, -0.2) is 4.79 Å². The Bertz CT molecular complexity index is 444. The zero-order valence-corrected chi connectivity index (χ0v) is 11.7. The zero-order valence-electron chi connectivity index (χ0n) is 11.7. The van der Waals surface area contributed by atoms with Crippen molar-refractivity contribution < 1.29 is 9.53 Å². The molecule has 0 spiro atoms. The van der Waals surface area contributed by atoms with Crippen LogP contribution in [0.3, 0.4) is 0 Å². The van der Waals surface area contributed by atoms with E-state index in [0.717, 1.165) is 32.6 Å². The van der Waals surface area contributed by atoms with E-state index in [2.05, 4.69) is 16.6 Å². The van der Waals surface area contributed by atoms with Gasteiger partial charge in [0.25, 0.3) is 0 Å². The van der Waals surface area contributed by atoms with Crippen LogP contribution in [0.4, 0.5) is 0 Å². The highest BCUT2D eigenvalue weighted by molar-refractivity contribution is 5.89. The van der Waals surface area contributed by atoms with Gasteiger partial charge >= 0.3 is 5.97 Å². The van der Waals surface area contributed by atoms with Gasteiger partial charge in [-0.3, -0.25) is 4.90 Å². The highest BCUT2D eigenvalue weighted by Crippen LogP contribution is 2.29. The number of carbonyl (C=O) groups excluding carboxylic acids is 1. The number of rotatable bonds is 4. The molecular formula is C15H22N2O2. The molecule has 1 aliphatic heterocycles. The molecule has 19 heavy (non-hydrogen) atoms. The number of benzene rings is 1. The molecule has 0 saturated carbocycles. The summed E-state index contributed by atoms with van der Waals surface area (Å²) in [5.41, 5.74) is 7.88. The first-order valence-electron chi connectivity index (χ1n) is 6.66. The maximum atomic E-state index is 11.3. The lowest BCUT2D eigenvalue weighted by molar-refractivity contribution is 0.0600. The van der Waals surface area contributed by atoms with E-state index in [0.29, 0.717) is 5.56 Å². The molecule has 2 N–H and O–H groups in total. The Morgan fingerprint density at radius 3 is 2.63 bits per heavy atom. The molecule has 1 aliphatic rings. The van der Waals surface area contributed by atoms with Crippen LogP contribution in [0.2, 0.25) is 0 Å². The van der Waals surface area contributed by atoms with Crippen molar-refractivity contribution in [3.63, 3.8) is 0 Å². The Kier molecular flexibility index (Phi) is 4.22. The molecule has 1 fully saturated rings. The fraction of sp³-hybridized carbons (Fsp3) is 0.533. The third-order valence-electron chi connectivity index (χ3n) is 3.91. The summed E-state index contributed by atoms with van der Waals surface area (Å²) in [4.78, 5) is 13.8. The molecule has 2 rings (SSSR count). The van der Waals surface area contributed by atoms with Crippen molar-refractivity contribution in [1.29, 1.82) is 0 Å². The highest BCUT2D eigenvalue weighted by Gasteiger charge is 2.32. The molecule has 4 nitrogen and oxygen atoms in total. The molecular weight excluding hydrogens is 240 g/mol. The van der Waals surface area contributed by atoms with Gasteiger partial charge in [0.1, 0.15) is 0 Å². The molecule has 0 aromatic heterocycles. The van der Waals surface area contributed by atoms with E-state index in [4.69, 9.17) is 5.73 Å². The van der Waals surface area contributed by atoms with E-state index >= 15 is 0 Å². The number of esters is 1. The van der Waals surface area contributed by atoms with Crippen LogP contribution < -0.4 is 5.73 Å². The first kappa shape index (κ1) is 14.0. The van der Waals surface area contributed by atoms with Gasteiger partial charge in [0.2, 0.25) is 0 Å². The van der Waals surface area contributed by atoms with Gasteiger partial charge in [-0.1, -0.05) is 19.1 Å². The summed E-state index contributed by atoms with van der Waals surface area (Å²) < 4.78 is 4.69. The third-order valence-corrected chi connectivity index (χ3v) is 3.91. The van der Waals surface area contributed by atoms with E-state index in [9.17, 15) is 4.79 Å². The van der Waals surface area contributed by atoms with Crippen LogP contribution >= 0.6 is 0 Å². The van der Waals surface area contributed by atoms with E-state index in [1.165, 1.54) is 12.7 Å². The molecule has 1 aromatic carbocycles. The van der Waals surface area contributed by atoms with Crippen molar-refractivity contribution in [3.05, 3.63) is 35.4 Å². The average Bonchev–Trinajstić information content (AvgIpc) is 2.81. The van der Waals surface area contributed by atoms with Crippen LogP contribution in [-0.4, -0.2) is 37.6 Å². The normalized spacial score (nSPS) is 23.5. The predicted octanol–water partition coefficient (Wildman–Crippen LogP) is 1.64. The second-order valence-corrected chi connectivity index (χ2v) is 5.66. The maximum Gasteiger partial charge on any atom is 0.337 e. The lowest BCUT2D eigenvalue weighted by Gasteiger charge is -2.22. The Labute approximate surface area is 114 Å². The van der Waals surface area contributed by atoms with Crippen molar-refractivity contribution in [2.24, 2.45) is 11.1 Å². The minimum absolute atomic E-state index is 0.256. The summed E-state index contributed by atoms with van der Waals surface area (Å²) in [5.74, 6) is -0.288. The van der Waals surface area contributed by atoms with Crippen LogP contribution in [0.1, 0.15) is 29.3 Å². The van der Waals surface area contributed by atoms with E-state index < -0.39 is 0 Å². The molecule has 0 radical (unpaired) electrons. The van der Waals surface area contributed by atoms with Gasteiger partial charge in [0, 0.05) is 13.1 Å². The maximum absolute atomic E-state index is 11.3. The second kappa shape index (κ2) is 5.72. The summed E-state index contributed by atoms with van der Waals surface area (Å²) in [5, 5.41) is 0. The van der Waals surface area contributed by atoms with E-state index in [-0.39, 0.29) is 11.4 Å². The van der Waals surface area contributed by atoms with Gasteiger partial charge in [0.05, 0.1) is 12.7 Å². The number of ether oxygens (including phenoxy) is 1. The fourth-order valence-corrected chi connectivity index (χ4v) is 2.55. The topological polar surface area (TPSA) is 55.6 Å². The van der Waals surface area contributed by atoms with Crippen LogP contribution in [0.5, 0.6) is 0 Å². The number of carbonyl (C=O) groups is 1. The number of hydrogen-bond acceptors (Lipinski definition) is 4. The van der Waals surface area contributed by atoms with Gasteiger partial charge in [-0.05, 0) is 42.6 Å². The average molecular weight is 262 g/mol. The van der Waals surface area contributed by atoms with Crippen molar-refractivity contribution in [2.75, 3.05) is 26.7 Å². The summed E-state index contributed by atoms with van der Waals surface area (Å²) >= 11 is 0. The van der Waals surface area contributed by atoms with Crippen LogP contribution in [0.25, 0.3) is 0 Å². The van der Waals surface area contributed by atoms with Gasteiger partial charge in [-0.2, -0.15) is 0 Å². The molecule has 104 valence electrons. The number of likely N-dealkylation sites (tertiary alicyclic amines) is 1. The van der Waals surface area contributed by atoms with Crippen LogP contribution in [0.15, 0.2) is 24.3 Å². The number of methoxy groups -OCH3 is 1. The molecule has 0 aliphatic carbocycles. The number of nitrogens with zero attached hydrogens (tertiary/aromatic N) is 1. The number of hydrogen-bond donors (Lipinski definition) is 1. The second-order valence-electron chi connectivity index (χ2n) is 5.66. The standard InChI is InChI=1S/C15H22N2O2/c1-15(10-16)7-8-17(11-15)9-12-3-5-13(6-4-12)14(18)19-2/h3-6H,7-11,16H2,1-2H3. The van der Waals surface area contributed by atoms with Crippen molar-refractivity contribution in [3.8, 4) is 0 Å². The highest BCUT2D eigenvalue weighted by atomic mass is 16.5. The Morgan fingerprint density at radius 1 is 1.42 bits per heavy atom. The smallest absolute Gasteiger partial charge is 0.337 e. The molecule has 1 aromatic rings. The summed E-state index contributed by atoms with van der Waals surface area (Å²) in [6, 6.07) is 7.62. The van der Waals surface area contributed by atoms with Crippen LogP contribution in [-0.2, 0) is 11.3 Å². The van der Waals surface area contributed by atoms with Crippen molar-refractivity contribution in [1.82, 2.24) is 4.90 Å². The molecule has 0 bridgehead atoms. The third kappa shape index (κ3) is 3.33. The lowest BCUT2D eigenvalue weighted by atomic mass is 9.90. The van der Waals surface area contributed by atoms with Gasteiger partial charge < -0.3 is 10.5 Å². The first-order valence-corrected chi connectivity index (χ1v) is 6.66. The Balaban J connectivity index is 1.96. The van der Waals surface area contributed by atoms with E-state index in [1.807, 2.05) is 24.3 Å². The monoisotopic (exact) mass is 262 g/mol. The first-order chi connectivity index (χ1) is 9.06. The summed E-state index contributed by atoms with van der Waals surface area (Å²) in [6.45, 7) is 6.03. The van der Waals surface area contributed by atoms with Crippen molar-refractivity contribution in [2.45, 2.75) is 19.9 Å². The van der Waals surface area contributed by atoms with E-state index in [1.54, 1.807) is 0 Å². The molecule has 1 saturated heterocycles. The molecule has 4 heteroatoms. The predicted molar refractivity (Wildman–Crippen MR) is 74.8 cm³/mol. The molecule has 0 amide bonds. The summed E-state index contributed by atoms with van der Waals surface area (Å²) in [7, 11) is 1.40. The molecule has 1 unspecified atom stereocenters. The Hall–Kier alpha value is -1.39. The van der Waals surface area contributed by atoms with Gasteiger partial charge in [-0.15, -0.1) is 0 Å². The van der Waals surface area contributed by atoms with Gasteiger partial charge in [0.15, 0.2) is 0 Å². The minimum atomic E-state index is -0.288. The zero-order chi connectivity index (χ0) is 13.9. The number of nitrogens with two attached hydrogens (primary N) is 1. The summed E-state index contributed by atoms with van der Waals surface area (Å²) in [6.07, 6.45) is 1.16.